The van der Waals surface area contributed by atoms with E-state index in [2.05, 4.69) is 20.4 Å². The second-order valence-corrected chi connectivity index (χ2v) is 8.45. The molecule has 2 aliphatic heterocycles. The molecule has 0 saturated carbocycles. The maximum absolute atomic E-state index is 14.6. The molecule has 0 spiro atoms. The Balaban J connectivity index is 1.30. The van der Waals surface area contributed by atoms with Crippen molar-refractivity contribution in [1.82, 2.24) is 14.9 Å². The highest BCUT2D eigenvalue weighted by atomic mass is 19.1. The molecule has 2 N–H and O–H groups in total. The van der Waals surface area contributed by atoms with Crippen LogP contribution in [0.5, 0.6) is 5.75 Å². The molecule has 2 aromatic carbocycles. The average molecular weight is 462 g/mol. The predicted molar refractivity (Wildman–Crippen MR) is 128 cm³/mol. The first-order valence-corrected chi connectivity index (χ1v) is 11.0. The highest BCUT2D eigenvalue weighted by Crippen LogP contribution is 2.35. The lowest BCUT2D eigenvalue weighted by Crippen LogP contribution is -2.34. The number of methoxy groups -OCH3 is 1. The summed E-state index contributed by atoms with van der Waals surface area (Å²) in [5.74, 6) is 0.965. The van der Waals surface area contributed by atoms with Gasteiger partial charge < -0.3 is 19.9 Å². The minimum absolute atomic E-state index is 0.0340. The maximum Gasteiger partial charge on any atom is 0.259 e. The number of hydrazone groups is 1. The van der Waals surface area contributed by atoms with Gasteiger partial charge in [-0.1, -0.05) is 6.07 Å². The zero-order valence-corrected chi connectivity index (χ0v) is 18.6. The standard InChI is InChI=1S/C24H24FN7O2/c1-34-18-6-5-15-10-27-24(29-21(15)9-18)32-13-16-11-31(12-17(16)14-32)23(33)22-19(25)3-2-4-20(22)30-28-8-7-26/h2-10,16-17,26,30H,11-14H2,1H3/b26-7?,28-8-. The van der Waals surface area contributed by atoms with Crippen molar-refractivity contribution >= 4 is 40.9 Å². The fourth-order valence-electron chi connectivity index (χ4n) is 4.73. The summed E-state index contributed by atoms with van der Waals surface area (Å²) < 4.78 is 19.9. The molecule has 2 atom stereocenters. The molecule has 174 valence electrons. The zero-order valence-electron chi connectivity index (χ0n) is 18.6. The zero-order chi connectivity index (χ0) is 23.7. The Bertz CT molecular complexity index is 1270. The van der Waals surface area contributed by atoms with E-state index in [-0.39, 0.29) is 29.0 Å². The van der Waals surface area contributed by atoms with E-state index >= 15 is 0 Å². The third-order valence-electron chi connectivity index (χ3n) is 6.40. The molecule has 2 unspecified atom stereocenters. The molecular weight excluding hydrogens is 437 g/mol. The van der Waals surface area contributed by atoms with Crippen LogP contribution in [0.25, 0.3) is 10.9 Å². The van der Waals surface area contributed by atoms with Crippen molar-refractivity contribution in [2.75, 3.05) is 43.6 Å². The van der Waals surface area contributed by atoms with E-state index in [4.69, 9.17) is 15.1 Å². The van der Waals surface area contributed by atoms with Gasteiger partial charge in [0.25, 0.3) is 5.91 Å². The van der Waals surface area contributed by atoms with Gasteiger partial charge in [0.2, 0.25) is 5.95 Å². The van der Waals surface area contributed by atoms with Crippen LogP contribution in [-0.4, -0.2) is 66.5 Å². The number of hydrogen-bond donors (Lipinski definition) is 2. The first kappa shape index (κ1) is 21.7. The molecule has 0 radical (unpaired) electrons. The molecule has 3 heterocycles. The quantitative estimate of drug-likeness (QED) is 0.432. The number of nitrogens with one attached hydrogen (secondary N) is 2. The van der Waals surface area contributed by atoms with Gasteiger partial charge in [-0.05, 0) is 24.3 Å². The van der Waals surface area contributed by atoms with Gasteiger partial charge in [0.05, 0.1) is 24.5 Å². The normalized spacial score (nSPS) is 19.6. The summed E-state index contributed by atoms with van der Waals surface area (Å²) in [6.07, 6.45) is 4.03. The summed E-state index contributed by atoms with van der Waals surface area (Å²) in [5.41, 5.74) is 3.73. The van der Waals surface area contributed by atoms with E-state index in [1.807, 2.05) is 24.4 Å². The van der Waals surface area contributed by atoms with E-state index in [9.17, 15) is 9.18 Å². The van der Waals surface area contributed by atoms with Crippen molar-refractivity contribution in [2.24, 2.45) is 16.9 Å². The van der Waals surface area contributed by atoms with Gasteiger partial charge >= 0.3 is 0 Å². The SMILES string of the molecule is COc1ccc2cnc(N3CC4CN(C(=O)c5c(F)cccc5N/N=C\C=N)CC4C3)nc2c1. The Morgan fingerprint density at radius 2 is 2.03 bits per heavy atom. The molecule has 3 aromatic rings. The number of fused-ring (bicyclic) bond motifs is 2. The summed E-state index contributed by atoms with van der Waals surface area (Å²) in [5, 5.41) is 11.8. The minimum atomic E-state index is -0.598. The first-order valence-electron chi connectivity index (χ1n) is 11.0. The molecule has 0 aliphatic carbocycles. The van der Waals surface area contributed by atoms with Gasteiger partial charge in [-0.15, -0.1) is 0 Å². The number of nitrogens with zero attached hydrogens (tertiary/aromatic N) is 5. The van der Waals surface area contributed by atoms with Crippen LogP contribution in [0, 0.1) is 23.1 Å². The van der Waals surface area contributed by atoms with Crippen molar-refractivity contribution in [3.05, 3.63) is 54.0 Å². The molecule has 0 bridgehead atoms. The topological polar surface area (TPSA) is 107 Å². The largest absolute Gasteiger partial charge is 0.497 e. The number of ether oxygens (including phenoxy) is 1. The van der Waals surface area contributed by atoms with Gasteiger partial charge in [-0.25, -0.2) is 14.4 Å². The Morgan fingerprint density at radius 1 is 1.24 bits per heavy atom. The summed E-state index contributed by atoms with van der Waals surface area (Å²) in [4.78, 5) is 26.3. The highest BCUT2D eigenvalue weighted by molar-refractivity contribution is 6.14. The van der Waals surface area contributed by atoms with E-state index in [0.29, 0.717) is 19.0 Å². The number of carbonyl (C=O) groups excluding carboxylic acids is 1. The summed E-state index contributed by atoms with van der Waals surface area (Å²) in [6, 6.07) is 10.1. The third-order valence-corrected chi connectivity index (χ3v) is 6.40. The van der Waals surface area contributed by atoms with Crippen LogP contribution >= 0.6 is 0 Å². The summed E-state index contributed by atoms with van der Waals surface area (Å²) in [7, 11) is 1.63. The molecule has 1 aromatic heterocycles. The van der Waals surface area contributed by atoms with Crippen molar-refractivity contribution in [3.8, 4) is 5.75 Å². The summed E-state index contributed by atoms with van der Waals surface area (Å²) in [6.45, 7) is 2.55. The van der Waals surface area contributed by atoms with Crippen LogP contribution in [0.15, 0.2) is 47.7 Å². The number of aromatic nitrogens is 2. The molecule has 34 heavy (non-hydrogen) atoms. The van der Waals surface area contributed by atoms with E-state index in [0.717, 1.165) is 36.0 Å². The predicted octanol–water partition coefficient (Wildman–Crippen LogP) is 3.03. The Morgan fingerprint density at radius 3 is 2.76 bits per heavy atom. The number of anilines is 2. The van der Waals surface area contributed by atoms with Crippen molar-refractivity contribution < 1.29 is 13.9 Å². The van der Waals surface area contributed by atoms with E-state index < -0.39 is 5.82 Å². The lowest BCUT2D eigenvalue weighted by molar-refractivity contribution is 0.0779. The fourth-order valence-corrected chi connectivity index (χ4v) is 4.73. The molecule has 10 heteroatoms. The average Bonchev–Trinajstić information content (AvgIpc) is 3.43. The first-order chi connectivity index (χ1) is 16.6. The van der Waals surface area contributed by atoms with Crippen LogP contribution in [0.2, 0.25) is 0 Å². The van der Waals surface area contributed by atoms with Gasteiger partial charge in [0.15, 0.2) is 0 Å². The lowest BCUT2D eigenvalue weighted by atomic mass is 10.0. The molecule has 9 nitrogen and oxygen atoms in total. The fraction of sp³-hybridized carbons (Fsp3) is 0.292. The lowest BCUT2D eigenvalue weighted by Gasteiger charge is -2.23. The number of amides is 1. The van der Waals surface area contributed by atoms with Gasteiger partial charge in [0.1, 0.15) is 17.1 Å². The van der Waals surface area contributed by atoms with E-state index in [1.165, 1.54) is 18.3 Å². The Labute approximate surface area is 195 Å². The molecule has 2 saturated heterocycles. The van der Waals surface area contributed by atoms with Crippen LogP contribution in [0.1, 0.15) is 10.4 Å². The van der Waals surface area contributed by atoms with Crippen molar-refractivity contribution in [1.29, 1.82) is 5.41 Å². The van der Waals surface area contributed by atoms with Gasteiger partial charge in [0, 0.05) is 61.9 Å². The van der Waals surface area contributed by atoms with Crippen LogP contribution in [0.3, 0.4) is 0 Å². The number of likely N-dealkylation sites (tertiary alicyclic amines) is 1. The highest BCUT2D eigenvalue weighted by Gasteiger charge is 2.43. The molecule has 2 fully saturated rings. The van der Waals surface area contributed by atoms with Crippen LogP contribution in [0.4, 0.5) is 16.0 Å². The van der Waals surface area contributed by atoms with E-state index in [1.54, 1.807) is 18.1 Å². The van der Waals surface area contributed by atoms with Crippen LogP contribution < -0.4 is 15.1 Å². The van der Waals surface area contributed by atoms with Gasteiger partial charge in [-0.3, -0.25) is 10.2 Å². The number of benzene rings is 2. The molecular formula is C24H24FN7O2. The Hall–Kier alpha value is -4.08. The van der Waals surface area contributed by atoms with Crippen molar-refractivity contribution in [3.63, 3.8) is 0 Å². The second kappa shape index (κ2) is 9.05. The van der Waals surface area contributed by atoms with Gasteiger partial charge in [-0.2, -0.15) is 5.10 Å². The number of rotatable bonds is 6. The van der Waals surface area contributed by atoms with Crippen molar-refractivity contribution in [2.45, 2.75) is 0 Å². The molecule has 2 aliphatic rings. The number of hydrogen-bond acceptors (Lipinski definition) is 8. The molecule has 5 rings (SSSR count). The number of halogens is 1. The third kappa shape index (κ3) is 4.02. The maximum atomic E-state index is 14.6. The summed E-state index contributed by atoms with van der Waals surface area (Å²) >= 11 is 0. The minimum Gasteiger partial charge on any atom is -0.497 e. The monoisotopic (exact) mass is 461 g/mol. The number of carbonyl (C=O) groups is 1. The second-order valence-electron chi connectivity index (χ2n) is 8.45. The molecule has 1 amide bonds. The smallest absolute Gasteiger partial charge is 0.259 e. The van der Waals surface area contributed by atoms with Crippen LogP contribution in [-0.2, 0) is 0 Å². The Kier molecular flexibility index (Phi) is 5.79.